The fourth-order valence-electron chi connectivity index (χ4n) is 1.80. The van der Waals surface area contributed by atoms with Crippen molar-refractivity contribution in [3.05, 3.63) is 77.5 Å². The van der Waals surface area contributed by atoms with Gasteiger partial charge < -0.3 is 5.43 Å². The minimum atomic E-state index is -3.80. The zero-order valence-electron chi connectivity index (χ0n) is 12.6. The summed E-state index contributed by atoms with van der Waals surface area (Å²) in [4.78, 5) is 13.9. The molecule has 2 N–H and O–H groups in total. The lowest BCUT2D eigenvalue weighted by atomic mass is 10.1. The minimum Gasteiger partial charge on any atom is -0.315 e. The van der Waals surface area contributed by atoms with Gasteiger partial charge in [0.25, 0.3) is 10.0 Å². The van der Waals surface area contributed by atoms with E-state index in [0.717, 1.165) is 30.0 Å². The maximum Gasteiger partial charge on any atom is 0.257 e. The molecule has 2 rings (SSSR count). The summed E-state index contributed by atoms with van der Waals surface area (Å²) in [6, 6.07) is 8.57. The van der Waals surface area contributed by atoms with Gasteiger partial charge in [0.1, 0.15) is 11.6 Å². The Morgan fingerprint density at radius 1 is 1.04 bits per heavy atom. The maximum atomic E-state index is 13.0. The molecular formula is C16H14F2N2O3S. The number of hydrogen-bond donors (Lipinski definition) is 2. The molecule has 0 unspecified atom stereocenters. The molecule has 24 heavy (non-hydrogen) atoms. The third kappa shape index (κ3) is 4.71. The largest absolute Gasteiger partial charge is 0.315 e. The summed E-state index contributed by atoms with van der Waals surface area (Å²) in [7, 11) is -3.80. The zero-order valence-corrected chi connectivity index (χ0v) is 13.4. The molecule has 0 aromatic heterocycles. The molecule has 2 aromatic carbocycles. The molecule has 0 radical (unpaired) electrons. The average Bonchev–Trinajstić information content (AvgIpc) is 2.51. The first-order valence-electron chi connectivity index (χ1n) is 6.79. The summed E-state index contributed by atoms with van der Waals surface area (Å²) in [5.74, 6) is -2.44. The van der Waals surface area contributed by atoms with E-state index in [-0.39, 0.29) is 10.5 Å². The predicted octanol–water partition coefficient (Wildman–Crippen LogP) is 2.45. The van der Waals surface area contributed by atoms with Gasteiger partial charge >= 0.3 is 0 Å². The Morgan fingerprint density at radius 3 is 2.21 bits per heavy atom. The number of hydrazine groups is 1. The second-order valence-electron chi connectivity index (χ2n) is 4.92. The number of carbonyl (C=O) groups excluding carboxylic acids is 1. The van der Waals surface area contributed by atoms with Crippen molar-refractivity contribution < 1.29 is 22.0 Å². The van der Waals surface area contributed by atoms with Gasteiger partial charge in [-0.2, -0.15) is 0 Å². The highest BCUT2D eigenvalue weighted by atomic mass is 32.2. The standard InChI is InChI=1S/C16H14F2N2O3S/c1-11-2-4-15(5-3-11)24(22,23)20-19-7-6-16(21)12-8-13(17)10-14(18)9-12/h2-10,19-20H,1H3/b7-6+. The van der Waals surface area contributed by atoms with E-state index < -0.39 is 27.4 Å². The van der Waals surface area contributed by atoms with Crippen LogP contribution in [0.3, 0.4) is 0 Å². The number of halogens is 2. The fraction of sp³-hybridized carbons (Fsp3) is 0.0625. The topological polar surface area (TPSA) is 75.3 Å². The van der Waals surface area contributed by atoms with E-state index in [1.54, 1.807) is 12.1 Å². The van der Waals surface area contributed by atoms with Crippen LogP contribution in [0.5, 0.6) is 0 Å². The van der Waals surface area contributed by atoms with E-state index in [0.29, 0.717) is 6.07 Å². The molecule has 5 nitrogen and oxygen atoms in total. The molecule has 0 saturated carbocycles. The summed E-state index contributed by atoms with van der Waals surface area (Å²) in [6.45, 7) is 1.83. The molecule has 0 aliphatic rings. The average molecular weight is 352 g/mol. The van der Waals surface area contributed by atoms with Crippen molar-refractivity contribution in [2.45, 2.75) is 11.8 Å². The molecule has 0 aliphatic carbocycles. The van der Waals surface area contributed by atoms with Crippen molar-refractivity contribution in [2.24, 2.45) is 0 Å². The van der Waals surface area contributed by atoms with Crippen LogP contribution in [0.1, 0.15) is 15.9 Å². The smallest absolute Gasteiger partial charge is 0.257 e. The summed E-state index contributed by atoms with van der Waals surface area (Å²) in [5.41, 5.74) is 2.97. The summed E-state index contributed by atoms with van der Waals surface area (Å²) in [5, 5.41) is 0. The van der Waals surface area contributed by atoms with Crippen LogP contribution >= 0.6 is 0 Å². The van der Waals surface area contributed by atoms with Gasteiger partial charge in [-0.1, -0.05) is 17.7 Å². The van der Waals surface area contributed by atoms with Crippen LogP contribution in [0.2, 0.25) is 0 Å². The van der Waals surface area contributed by atoms with Crippen molar-refractivity contribution in [3.8, 4) is 0 Å². The molecule has 0 fully saturated rings. The van der Waals surface area contributed by atoms with Gasteiger partial charge in [-0.3, -0.25) is 4.79 Å². The number of benzene rings is 2. The van der Waals surface area contributed by atoms with Crippen LogP contribution in [0.25, 0.3) is 0 Å². The first kappa shape index (κ1) is 17.8. The van der Waals surface area contributed by atoms with Gasteiger partial charge in [-0.25, -0.2) is 17.2 Å². The second kappa shape index (κ2) is 7.33. The van der Waals surface area contributed by atoms with Gasteiger partial charge in [-0.05, 0) is 31.2 Å². The van der Waals surface area contributed by atoms with Crippen LogP contribution in [0.15, 0.2) is 59.6 Å². The van der Waals surface area contributed by atoms with E-state index in [9.17, 15) is 22.0 Å². The van der Waals surface area contributed by atoms with Crippen LogP contribution in [0.4, 0.5) is 8.78 Å². The zero-order chi connectivity index (χ0) is 17.7. The van der Waals surface area contributed by atoms with E-state index in [1.165, 1.54) is 12.1 Å². The van der Waals surface area contributed by atoms with Crippen molar-refractivity contribution in [1.82, 2.24) is 10.3 Å². The molecule has 0 atom stereocenters. The molecule has 0 heterocycles. The van der Waals surface area contributed by atoms with Crippen LogP contribution in [0, 0.1) is 18.6 Å². The Balaban J connectivity index is 1.99. The molecule has 8 heteroatoms. The molecule has 126 valence electrons. The first-order valence-corrected chi connectivity index (χ1v) is 8.27. The molecule has 0 amide bonds. The number of hydrogen-bond acceptors (Lipinski definition) is 4. The third-order valence-electron chi connectivity index (χ3n) is 2.99. The fourth-order valence-corrected chi connectivity index (χ4v) is 2.63. The van der Waals surface area contributed by atoms with Gasteiger partial charge in [-0.15, -0.1) is 4.83 Å². The number of ketones is 1. The molecule has 0 saturated heterocycles. The number of rotatable bonds is 6. The minimum absolute atomic E-state index is 0.0486. The normalized spacial score (nSPS) is 11.6. The Morgan fingerprint density at radius 2 is 1.62 bits per heavy atom. The Kier molecular flexibility index (Phi) is 5.42. The van der Waals surface area contributed by atoms with Gasteiger partial charge in [0.05, 0.1) is 4.90 Å². The third-order valence-corrected chi connectivity index (χ3v) is 4.27. The van der Waals surface area contributed by atoms with Crippen molar-refractivity contribution in [2.75, 3.05) is 0 Å². The van der Waals surface area contributed by atoms with Gasteiger partial charge in [0, 0.05) is 23.9 Å². The summed E-state index contributed by atoms with van der Waals surface area (Å²) in [6.07, 6.45) is 1.97. The van der Waals surface area contributed by atoms with Crippen LogP contribution in [-0.2, 0) is 10.0 Å². The van der Waals surface area contributed by atoms with E-state index in [4.69, 9.17) is 0 Å². The number of nitrogens with one attached hydrogen (secondary N) is 2. The number of aryl methyl sites for hydroxylation is 1. The lowest BCUT2D eigenvalue weighted by molar-refractivity contribution is 0.104. The molecular weight excluding hydrogens is 338 g/mol. The highest BCUT2D eigenvalue weighted by Gasteiger charge is 2.12. The first-order chi connectivity index (χ1) is 11.3. The Bertz CT molecular complexity index is 858. The quantitative estimate of drug-likeness (QED) is 0.476. The molecule has 0 spiro atoms. The Hall–Kier alpha value is -2.58. The Labute approximate surface area is 138 Å². The lowest BCUT2D eigenvalue weighted by Crippen LogP contribution is -2.33. The van der Waals surface area contributed by atoms with E-state index in [2.05, 4.69) is 10.3 Å². The highest BCUT2D eigenvalue weighted by molar-refractivity contribution is 7.89. The van der Waals surface area contributed by atoms with Gasteiger partial charge in [0.2, 0.25) is 0 Å². The van der Waals surface area contributed by atoms with Crippen LogP contribution in [-0.4, -0.2) is 14.2 Å². The second-order valence-corrected chi connectivity index (χ2v) is 6.60. The monoisotopic (exact) mass is 352 g/mol. The van der Waals surface area contributed by atoms with E-state index >= 15 is 0 Å². The van der Waals surface area contributed by atoms with Crippen LogP contribution < -0.4 is 10.3 Å². The van der Waals surface area contributed by atoms with Crippen molar-refractivity contribution in [1.29, 1.82) is 0 Å². The molecule has 0 bridgehead atoms. The number of allylic oxidation sites excluding steroid dienone is 1. The lowest BCUT2D eigenvalue weighted by Gasteiger charge is -2.06. The summed E-state index contributed by atoms with van der Waals surface area (Å²) < 4.78 is 50.0. The predicted molar refractivity (Wildman–Crippen MR) is 84.5 cm³/mol. The number of carbonyl (C=O) groups is 1. The molecule has 0 aliphatic heterocycles. The summed E-state index contributed by atoms with van der Waals surface area (Å²) >= 11 is 0. The van der Waals surface area contributed by atoms with E-state index in [1.807, 2.05) is 6.92 Å². The number of sulfonamides is 1. The maximum absolute atomic E-state index is 13.0. The SMILES string of the molecule is Cc1ccc(S(=O)(=O)NN/C=C/C(=O)c2cc(F)cc(F)c2)cc1. The highest BCUT2D eigenvalue weighted by Crippen LogP contribution is 2.10. The van der Waals surface area contributed by atoms with Crippen molar-refractivity contribution in [3.63, 3.8) is 0 Å². The molecule has 2 aromatic rings. The van der Waals surface area contributed by atoms with Gasteiger partial charge in [0.15, 0.2) is 5.78 Å². The van der Waals surface area contributed by atoms with Crippen molar-refractivity contribution >= 4 is 15.8 Å².